The van der Waals surface area contributed by atoms with Crippen molar-refractivity contribution in [3.63, 3.8) is 0 Å². The highest BCUT2D eigenvalue weighted by molar-refractivity contribution is 6.34. The van der Waals surface area contributed by atoms with Gasteiger partial charge in [-0.1, -0.05) is 23.7 Å². The van der Waals surface area contributed by atoms with Gasteiger partial charge >= 0.3 is 5.97 Å². The van der Waals surface area contributed by atoms with Crippen LogP contribution in [0, 0.1) is 0 Å². The summed E-state index contributed by atoms with van der Waals surface area (Å²) < 4.78 is 0. The minimum absolute atomic E-state index is 0.209. The Labute approximate surface area is 90.9 Å². The molecule has 0 bridgehead atoms. The van der Waals surface area contributed by atoms with Gasteiger partial charge in [0.2, 0.25) is 5.91 Å². The molecule has 2 N–H and O–H groups in total. The number of hydrogen-bond donors (Lipinski definition) is 2. The van der Waals surface area contributed by atoms with E-state index in [1.165, 1.54) is 0 Å². The molecule has 0 fully saturated rings. The molecular weight excluding hydrogens is 218 g/mol. The molecule has 0 aliphatic carbocycles. The molecule has 4 nitrogen and oxygen atoms in total. The van der Waals surface area contributed by atoms with Crippen molar-refractivity contribution >= 4 is 29.2 Å². The van der Waals surface area contributed by atoms with Crippen molar-refractivity contribution in [1.29, 1.82) is 0 Å². The number of fused-ring (bicyclic) bond motifs is 1. The fourth-order valence-corrected chi connectivity index (χ4v) is 1.92. The van der Waals surface area contributed by atoms with Crippen molar-refractivity contribution in [2.45, 2.75) is 12.3 Å². The van der Waals surface area contributed by atoms with Crippen LogP contribution in [0.1, 0.15) is 17.9 Å². The van der Waals surface area contributed by atoms with Gasteiger partial charge in [0.25, 0.3) is 0 Å². The van der Waals surface area contributed by atoms with Crippen LogP contribution in [-0.2, 0) is 9.59 Å². The first kappa shape index (κ1) is 9.98. The van der Waals surface area contributed by atoms with Gasteiger partial charge in [-0.25, -0.2) is 0 Å². The zero-order chi connectivity index (χ0) is 11.0. The number of anilines is 1. The van der Waals surface area contributed by atoms with E-state index in [1.807, 2.05) is 0 Å². The molecule has 1 aliphatic rings. The number of para-hydroxylation sites is 1. The van der Waals surface area contributed by atoms with Gasteiger partial charge in [-0.15, -0.1) is 0 Å². The van der Waals surface area contributed by atoms with Crippen molar-refractivity contribution in [2.75, 3.05) is 5.32 Å². The maximum atomic E-state index is 11.5. The molecule has 1 atom stereocenters. The number of nitrogens with one attached hydrogen (secondary N) is 1. The van der Waals surface area contributed by atoms with Crippen LogP contribution in [0.4, 0.5) is 5.69 Å². The van der Waals surface area contributed by atoms with E-state index >= 15 is 0 Å². The molecule has 1 amide bonds. The zero-order valence-corrected chi connectivity index (χ0v) is 8.41. The number of carboxylic acid groups (broad SMARTS) is 1. The summed E-state index contributed by atoms with van der Waals surface area (Å²) in [5.41, 5.74) is 1.20. The number of aliphatic carboxylic acids is 1. The molecule has 1 aliphatic heterocycles. The third-order valence-corrected chi connectivity index (χ3v) is 2.68. The van der Waals surface area contributed by atoms with Gasteiger partial charge in [0, 0.05) is 0 Å². The van der Waals surface area contributed by atoms with Gasteiger partial charge in [-0.05, 0) is 11.6 Å². The summed E-state index contributed by atoms with van der Waals surface area (Å²) in [5.74, 6) is -1.93. The molecule has 0 aromatic heterocycles. The van der Waals surface area contributed by atoms with Crippen LogP contribution in [0.15, 0.2) is 18.2 Å². The number of carbonyl (C=O) groups excluding carboxylic acids is 1. The minimum Gasteiger partial charge on any atom is -0.481 e. The second-order valence-corrected chi connectivity index (χ2v) is 3.75. The maximum absolute atomic E-state index is 11.5. The Morgan fingerprint density at radius 3 is 2.93 bits per heavy atom. The first-order valence-electron chi connectivity index (χ1n) is 4.40. The van der Waals surface area contributed by atoms with Crippen LogP contribution >= 0.6 is 11.6 Å². The summed E-state index contributed by atoms with van der Waals surface area (Å²) in [6, 6.07) is 5.08. The van der Waals surface area contributed by atoms with Gasteiger partial charge < -0.3 is 10.4 Å². The lowest BCUT2D eigenvalue weighted by atomic mass is 9.97. The van der Waals surface area contributed by atoms with Crippen LogP contribution in [0.25, 0.3) is 0 Å². The Kier molecular flexibility index (Phi) is 2.36. The molecule has 0 radical (unpaired) electrons. The maximum Gasteiger partial charge on any atom is 0.304 e. The monoisotopic (exact) mass is 225 g/mol. The number of carbonyl (C=O) groups is 2. The number of benzene rings is 1. The van der Waals surface area contributed by atoms with Crippen LogP contribution in [0.2, 0.25) is 5.02 Å². The number of halogens is 1. The molecule has 78 valence electrons. The van der Waals surface area contributed by atoms with Gasteiger partial charge in [-0.2, -0.15) is 0 Å². The average Bonchev–Trinajstić information content (AvgIpc) is 2.45. The fraction of sp³-hybridized carbons (Fsp3) is 0.200. The first-order valence-corrected chi connectivity index (χ1v) is 4.78. The summed E-state index contributed by atoms with van der Waals surface area (Å²) in [4.78, 5) is 22.1. The Hall–Kier alpha value is -1.55. The Balaban J connectivity index is 2.41. The quantitative estimate of drug-likeness (QED) is 0.807. The third kappa shape index (κ3) is 1.68. The van der Waals surface area contributed by atoms with Crippen molar-refractivity contribution in [1.82, 2.24) is 0 Å². The number of amides is 1. The van der Waals surface area contributed by atoms with Gasteiger partial charge in [0.05, 0.1) is 23.0 Å². The Morgan fingerprint density at radius 1 is 1.53 bits per heavy atom. The third-order valence-electron chi connectivity index (χ3n) is 2.36. The molecule has 1 aromatic carbocycles. The van der Waals surface area contributed by atoms with Gasteiger partial charge in [0.1, 0.15) is 0 Å². The highest BCUT2D eigenvalue weighted by Crippen LogP contribution is 2.38. The lowest BCUT2D eigenvalue weighted by Crippen LogP contribution is -2.15. The largest absolute Gasteiger partial charge is 0.481 e. The molecule has 0 saturated carbocycles. The molecule has 1 unspecified atom stereocenters. The Bertz CT molecular complexity index is 444. The van der Waals surface area contributed by atoms with E-state index in [1.54, 1.807) is 18.2 Å². The molecule has 2 rings (SSSR count). The SMILES string of the molecule is O=C(O)CC1C(=O)Nc2c(Cl)cccc21. The van der Waals surface area contributed by atoms with E-state index in [-0.39, 0.29) is 12.3 Å². The highest BCUT2D eigenvalue weighted by atomic mass is 35.5. The lowest BCUT2D eigenvalue weighted by Gasteiger charge is -2.04. The zero-order valence-electron chi connectivity index (χ0n) is 7.66. The molecule has 15 heavy (non-hydrogen) atoms. The summed E-state index contributed by atoms with van der Waals surface area (Å²) in [6.45, 7) is 0. The highest BCUT2D eigenvalue weighted by Gasteiger charge is 2.33. The van der Waals surface area contributed by atoms with Gasteiger partial charge in [0.15, 0.2) is 0 Å². The predicted octanol–water partition coefficient (Wildman–Crippen LogP) is 1.85. The van der Waals surface area contributed by atoms with E-state index in [4.69, 9.17) is 16.7 Å². The van der Waals surface area contributed by atoms with E-state index in [0.29, 0.717) is 16.3 Å². The molecule has 1 heterocycles. The summed E-state index contributed by atoms with van der Waals surface area (Å²) in [5, 5.41) is 11.7. The van der Waals surface area contributed by atoms with E-state index < -0.39 is 11.9 Å². The minimum atomic E-state index is -0.997. The molecule has 0 spiro atoms. The predicted molar refractivity (Wildman–Crippen MR) is 55.1 cm³/mol. The van der Waals surface area contributed by atoms with E-state index in [9.17, 15) is 9.59 Å². The van der Waals surface area contributed by atoms with Crippen LogP contribution < -0.4 is 5.32 Å². The van der Waals surface area contributed by atoms with Crippen LogP contribution in [-0.4, -0.2) is 17.0 Å². The summed E-state index contributed by atoms with van der Waals surface area (Å²) in [7, 11) is 0. The van der Waals surface area contributed by atoms with Crippen molar-refractivity contribution in [3.05, 3.63) is 28.8 Å². The second kappa shape index (κ2) is 3.55. The topological polar surface area (TPSA) is 66.4 Å². The standard InChI is InChI=1S/C10H8ClNO3/c11-7-3-1-2-5-6(4-8(13)14)10(15)12-9(5)7/h1-3,6H,4H2,(H,12,15)(H,13,14). The molecule has 0 saturated heterocycles. The van der Waals surface area contributed by atoms with Crippen molar-refractivity contribution < 1.29 is 14.7 Å². The lowest BCUT2D eigenvalue weighted by molar-refractivity contribution is -0.138. The number of carboxylic acids is 1. The second-order valence-electron chi connectivity index (χ2n) is 3.34. The smallest absolute Gasteiger partial charge is 0.304 e. The first-order chi connectivity index (χ1) is 7.09. The summed E-state index contributed by atoms with van der Waals surface area (Å²) >= 11 is 5.87. The number of hydrogen-bond acceptors (Lipinski definition) is 2. The van der Waals surface area contributed by atoms with Crippen molar-refractivity contribution in [3.8, 4) is 0 Å². The van der Waals surface area contributed by atoms with Gasteiger partial charge in [-0.3, -0.25) is 9.59 Å². The van der Waals surface area contributed by atoms with Crippen LogP contribution in [0.3, 0.4) is 0 Å². The molecule has 5 heteroatoms. The molecule has 1 aromatic rings. The normalized spacial score (nSPS) is 18.5. The number of rotatable bonds is 2. The van der Waals surface area contributed by atoms with E-state index in [0.717, 1.165) is 0 Å². The molecular formula is C10H8ClNO3. The van der Waals surface area contributed by atoms with Crippen LogP contribution in [0.5, 0.6) is 0 Å². The van der Waals surface area contributed by atoms with E-state index in [2.05, 4.69) is 5.32 Å². The fourth-order valence-electron chi connectivity index (χ4n) is 1.69. The summed E-state index contributed by atoms with van der Waals surface area (Å²) in [6.07, 6.45) is -0.209. The average molecular weight is 226 g/mol. The Morgan fingerprint density at radius 2 is 2.27 bits per heavy atom. The van der Waals surface area contributed by atoms with Crippen molar-refractivity contribution in [2.24, 2.45) is 0 Å².